The van der Waals surface area contributed by atoms with Crippen molar-refractivity contribution in [2.45, 2.75) is 12.3 Å². The fourth-order valence-corrected chi connectivity index (χ4v) is 4.33. The van der Waals surface area contributed by atoms with E-state index in [1.807, 2.05) is 0 Å². The lowest BCUT2D eigenvalue weighted by molar-refractivity contribution is -0.140. The number of aliphatic hydroxyl groups is 1. The van der Waals surface area contributed by atoms with Gasteiger partial charge in [-0.3, -0.25) is 4.79 Å². The molecule has 3 N–H and O–H groups in total. The van der Waals surface area contributed by atoms with E-state index in [4.69, 9.17) is 21.1 Å². The Balaban J connectivity index is 1.84. The zero-order valence-electron chi connectivity index (χ0n) is 18.3. The summed E-state index contributed by atoms with van der Waals surface area (Å²) in [6.07, 6.45) is 0. The van der Waals surface area contributed by atoms with Gasteiger partial charge in [-0.2, -0.15) is 0 Å². The molecule has 0 aromatic heterocycles. The summed E-state index contributed by atoms with van der Waals surface area (Å²) in [5, 5.41) is 17.9. The first-order chi connectivity index (χ1) is 16.3. The molecule has 0 aliphatic carbocycles. The summed E-state index contributed by atoms with van der Waals surface area (Å²) in [4.78, 5) is 27.9. The highest BCUT2D eigenvalue weighted by atomic mass is 79.9. The van der Waals surface area contributed by atoms with Gasteiger partial charge in [0.15, 0.2) is 0 Å². The molecule has 3 aromatic carbocycles. The second kappa shape index (κ2) is 9.54. The number of fused-ring (bicyclic) bond motifs is 1. The highest BCUT2D eigenvalue weighted by molar-refractivity contribution is 9.10. The number of nitrogens with zero attached hydrogens (tertiary/aromatic N) is 1. The summed E-state index contributed by atoms with van der Waals surface area (Å²) >= 11 is 9.60. The minimum absolute atomic E-state index is 0.0410. The van der Waals surface area contributed by atoms with Gasteiger partial charge in [-0.15, -0.1) is 0 Å². The predicted octanol–water partition coefficient (Wildman–Crippen LogP) is 4.63. The monoisotopic (exact) mass is 545 g/mol. The summed E-state index contributed by atoms with van der Waals surface area (Å²) in [5.74, 6) is -0.113. The number of halogens is 2. The zero-order valence-corrected chi connectivity index (χ0v) is 20.6. The average Bonchev–Trinajstić information content (AvgIpc) is 2.84. The van der Waals surface area contributed by atoms with E-state index in [-0.39, 0.29) is 23.5 Å². The molecule has 34 heavy (non-hydrogen) atoms. The van der Waals surface area contributed by atoms with Crippen LogP contribution in [0.5, 0.6) is 11.5 Å². The largest absolute Gasteiger partial charge is 0.497 e. The Labute approximate surface area is 209 Å². The molecule has 1 aliphatic rings. The van der Waals surface area contributed by atoms with E-state index in [0.717, 1.165) is 4.90 Å². The molecule has 10 heteroatoms. The number of amides is 3. The maximum atomic E-state index is 13.6. The van der Waals surface area contributed by atoms with Gasteiger partial charge >= 0.3 is 6.03 Å². The van der Waals surface area contributed by atoms with E-state index in [1.165, 1.54) is 20.3 Å². The smallest absolute Gasteiger partial charge is 0.329 e. The van der Waals surface area contributed by atoms with Crippen molar-refractivity contribution in [2.24, 2.45) is 0 Å². The van der Waals surface area contributed by atoms with Gasteiger partial charge in [-0.1, -0.05) is 45.7 Å². The third-order valence-electron chi connectivity index (χ3n) is 5.47. The number of urea groups is 1. The highest BCUT2D eigenvalue weighted by Crippen LogP contribution is 2.44. The summed E-state index contributed by atoms with van der Waals surface area (Å²) in [7, 11) is 2.91. The lowest BCUT2D eigenvalue weighted by Crippen LogP contribution is -2.62. The lowest BCUT2D eigenvalue weighted by Gasteiger charge is -2.43. The summed E-state index contributed by atoms with van der Waals surface area (Å²) in [5.41, 5.74) is -1.11. The van der Waals surface area contributed by atoms with Crippen LogP contribution in [0, 0.1) is 0 Å². The van der Waals surface area contributed by atoms with Gasteiger partial charge in [0.05, 0.1) is 25.6 Å². The Kier molecular flexibility index (Phi) is 6.70. The van der Waals surface area contributed by atoms with E-state index in [9.17, 15) is 14.7 Å². The average molecular weight is 547 g/mol. The van der Waals surface area contributed by atoms with Crippen LogP contribution in [0.25, 0.3) is 0 Å². The van der Waals surface area contributed by atoms with E-state index < -0.39 is 17.7 Å². The Bertz CT molecular complexity index is 1270. The third-order valence-corrected chi connectivity index (χ3v) is 6.33. The van der Waals surface area contributed by atoms with Crippen molar-refractivity contribution >= 4 is 50.8 Å². The molecule has 0 saturated carbocycles. The predicted molar refractivity (Wildman–Crippen MR) is 132 cm³/mol. The highest BCUT2D eigenvalue weighted by Gasteiger charge is 2.52. The first kappa shape index (κ1) is 23.9. The van der Waals surface area contributed by atoms with Gasteiger partial charge in [0.1, 0.15) is 11.5 Å². The quantitative estimate of drug-likeness (QED) is 0.419. The van der Waals surface area contributed by atoms with Crippen LogP contribution in [-0.4, -0.2) is 31.3 Å². The molecule has 0 spiro atoms. The normalized spacial score (nSPS) is 17.0. The van der Waals surface area contributed by atoms with Gasteiger partial charge in [-0.05, 0) is 42.0 Å². The van der Waals surface area contributed by atoms with E-state index in [1.54, 1.807) is 54.6 Å². The van der Waals surface area contributed by atoms with Crippen molar-refractivity contribution in [1.82, 2.24) is 5.32 Å². The van der Waals surface area contributed by atoms with Gasteiger partial charge < -0.3 is 25.2 Å². The second-order valence-electron chi connectivity index (χ2n) is 7.44. The minimum Gasteiger partial charge on any atom is -0.497 e. The van der Waals surface area contributed by atoms with Crippen LogP contribution in [0.15, 0.2) is 65.1 Å². The van der Waals surface area contributed by atoms with Crippen molar-refractivity contribution in [3.63, 3.8) is 0 Å². The van der Waals surface area contributed by atoms with Crippen LogP contribution >= 0.6 is 27.5 Å². The molecule has 1 atom stereocenters. The molecule has 0 radical (unpaired) electrons. The SMILES string of the molecule is COc1ccc(N2C(=O)Nc3ccc(Br)cc3[C@@]2(O)C(=O)NCc2ccccc2Cl)c(OC)c1. The molecule has 1 aliphatic heterocycles. The number of ether oxygens (including phenoxy) is 2. The first-order valence-electron chi connectivity index (χ1n) is 10.2. The number of anilines is 2. The lowest BCUT2D eigenvalue weighted by atomic mass is 9.94. The van der Waals surface area contributed by atoms with E-state index in [0.29, 0.717) is 26.5 Å². The maximum Gasteiger partial charge on any atom is 0.329 e. The van der Waals surface area contributed by atoms with Crippen molar-refractivity contribution in [3.8, 4) is 11.5 Å². The van der Waals surface area contributed by atoms with Crippen molar-refractivity contribution in [1.29, 1.82) is 0 Å². The molecule has 3 aromatic rings. The number of rotatable bonds is 6. The molecule has 8 nitrogen and oxygen atoms in total. The summed E-state index contributed by atoms with van der Waals surface area (Å²) in [6.45, 7) is 0.0410. The van der Waals surface area contributed by atoms with Crippen molar-refractivity contribution in [3.05, 3.63) is 81.3 Å². The van der Waals surface area contributed by atoms with Crippen LogP contribution in [0.4, 0.5) is 16.2 Å². The van der Waals surface area contributed by atoms with Gasteiger partial charge in [0.25, 0.3) is 11.6 Å². The Morgan fingerprint density at radius 3 is 2.62 bits per heavy atom. The molecular weight excluding hydrogens is 526 g/mol. The number of carbonyl (C=O) groups is 2. The van der Waals surface area contributed by atoms with Gasteiger partial charge in [0, 0.05) is 27.7 Å². The summed E-state index contributed by atoms with van der Waals surface area (Å²) < 4.78 is 11.3. The van der Waals surface area contributed by atoms with E-state index >= 15 is 0 Å². The molecule has 176 valence electrons. The minimum atomic E-state index is -2.41. The van der Waals surface area contributed by atoms with Crippen LogP contribution in [0.1, 0.15) is 11.1 Å². The van der Waals surface area contributed by atoms with Crippen LogP contribution in [-0.2, 0) is 17.1 Å². The number of nitrogens with one attached hydrogen (secondary N) is 2. The fraction of sp³-hybridized carbons (Fsp3) is 0.167. The number of methoxy groups -OCH3 is 2. The second-order valence-corrected chi connectivity index (χ2v) is 8.76. The topological polar surface area (TPSA) is 100 Å². The molecule has 0 fully saturated rings. The number of benzene rings is 3. The molecule has 4 rings (SSSR count). The summed E-state index contributed by atoms with van der Waals surface area (Å²) in [6, 6.07) is 15.9. The maximum absolute atomic E-state index is 13.6. The van der Waals surface area contributed by atoms with E-state index in [2.05, 4.69) is 26.6 Å². The molecule has 0 bridgehead atoms. The number of carbonyl (C=O) groups excluding carboxylic acids is 2. The van der Waals surface area contributed by atoms with Gasteiger partial charge in [0.2, 0.25) is 0 Å². The van der Waals surface area contributed by atoms with Crippen LogP contribution < -0.4 is 25.0 Å². The standard InChI is InChI=1S/C24H21BrClN3O5/c1-33-16-8-10-20(21(12-16)34-2)29-23(31)28-19-9-7-15(25)11-17(19)24(29,32)22(30)27-13-14-5-3-4-6-18(14)26/h3-12,32H,13H2,1-2H3,(H,27,30)(H,28,31)/t24-/m1/s1. The fourth-order valence-electron chi connectivity index (χ4n) is 3.77. The number of hydrogen-bond donors (Lipinski definition) is 3. The molecule has 1 heterocycles. The zero-order chi connectivity index (χ0) is 24.5. The molecule has 0 unspecified atom stereocenters. The van der Waals surface area contributed by atoms with Crippen molar-refractivity contribution < 1.29 is 24.2 Å². The Morgan fingerprint density at radius 2 is 1.91 bits per heavy atom. The van der Waals surface area contributed by atoms with Crippen LogP contribution in [0.2, 0.25) is 5.02 Å². The number of hydrogen-bond acceptors (Lipinski definition) is 5. The Morgan fingerprint density at radius 1 is 1.15 bits per heavy atom. The Hall–Kier alpha value is -3.27. The van der Waals surface area contributed by atoms with Crippen LogP contribution in [0.3, 0.4) is 0 Å². The first-order valence-corrected chi connectivity index (χ1v) is 11.3. The van der Waals surface area contributed by atoms with Gasteiger partial charge in [-0.25, -0.2) is 9.69 Å². The molecule has 3 amide bonds. The molecular formula is C24H21BrClN3O5. The molecule has 0 saturated heterocycles. The third kappa shape index (κ3) is 4.18. The van der Waals surface area contributed by atoms with Crippen molar-refractivity contribution in [2.75, 3.05) is 24.4 Å².